The molecule has 1 unspecified atom stereocenters. The Balaban J connectivity index is 1.57. The molecule has 114 valence electrons. The second kappa shape index (κ2) is 6.73. The normalized spacial score (nSPS) is 14.7. The van der Waals surface area contributed by atoms with Crippen LogP contribution in [0.2, 0.25) is 5.02 Å². The lowest BCUT2D eigenvalue weighted by molar-refractivity contribution is -0.131. The molecule has 0 saturated heterocycles. The highest BCUT2D eigenvalue weighted by Gasteiger charge is 2.24. The van der Waals surface area contributed by atoms with Gasteiger partial charge in [-0.3, -0.25) is 4.79 Å². The summed E-state index contributed by atoms with van der Waals surface area (Å²) >= 11 is 4.79. The summed E-state index contributed by atoms with van der Waals surface area (Å²) in [6.07, 6.45) is 0.270. The fourth-order valence-corrected chi connectivity index (χ4v) is 4.08. The highest BCUT2D eigenvalue weighted by molar-refractivity contribution is 7.91. The average molecular weight is 334 g/mol. The van der Waals surface area contributed by atoms with Gasteiger partial charge in [0, 0.05) is 13.1 Å². The highest BCUT2D eigenvalue weighted by Crippen LogP contribution is 2.25. The maximum Gasteiger partial charge on any atom is 0.227 e. The van der Waals surface area contributed by atoms with Crippen molar-refractivity contribution in [3.05, 3.63) is 64.7 Å². The Bertz CT molecular complexity index is 667. The minimum atomic E-state index is -1.25. The summed E-state index contributed by atoms with van der Waals surface area (Å²) in [6.45, 7) is 1.29. The molecule has 2 aromatic rings. The summed E-state index contributed by atoms with van der Waals surface area (Å²) in [5.74, 6) is 0.340. The zero-order valence-electron chi connectivity index (χ0n) is 12.0. The second-order valence-electron chi connectivity index (χ2n) is 5.25. The van der Waals surface area contributed by atoms with E-state index in [4.69, 9.17) is 11.6 Å². The van der Waals surface area contributed by atoms with Gasteiger partial charge in [0.1, 0.15) is 5.75 Å². The first kappa shape index (κ1) is 15.4. The van der Waals surface area contributed by atoms with E-state index in [1.807, 2.05) is 29.2 Å². The van der Waals surface area contributed by atoms with Crippen LogP contribution >= 0.6 is 11.6 Å². The van der Waals surface area contributed by atoms with Crippen molar-refractivity contribution < 1.29 is 9.35 Å². The number of halogens is 1. The van der Waals surface area contributed by atoms with Crippen LogP contribution in [0.1, 0.15) is 17.5 Å². The predicted molar refractivity (Wildman–Crippen MR) is 88.0 cm³/mol. The third-order valence-corrected chi connectivity index (χ3v) is 5.64. The number of hydrogen-bond acceptors (Lipinski definition) is 2. The number of fused-ring (bicyclic) bond motifs is 1. The van der Waals surface area contributed by atoms with Gasteiger partial charge in [0.2, 0.25) is 5.91 Å². The molecule has 22 heavy (non-hydrogen) atoms. The molecule has 1 aliphatic heterocycles. The van der Waals surface area contributed by atoms with Crippen molar-refractivity contribution in [3.63, 3.8) is 0 Å². The molecule has 2 aromatic carbocycles. The van der Waals surface area contributed by atoms with E-state index in [0.717, 1.165) is 0 Å². The third-order valence-electron chi connectivity index (χ3n) is 3.78. The Hall–Kier alpha value is -1.49. The van der Waals surface area contributed by atoms with Gasteiger partial charge < -0.3 is 9.45 Å². The van der Waals surface area contributed by atoms with Crippen molar-refractivity contribution >= 4 is 28.7 Å². The molecule has 1 atom stereocenters. The summed E-state index contributed by atoms with van der Waals surface area (Å²) in [4.78, 5) is 14.7. The number of rotatable bonds is 4. The topological polar surface area (TPSA) is 43.4 Å². The minimum absolute atomic E-state index is 0.0385. The van der Waals surface area contributed by atoms with E-state index in [9.17, 15) is 9.35 Å². The van der Waals surface area contributed by atoms with Gasteiger partial charge in [0.15, 0.2) is 4.90 Å². The maximum absolute atomic E-state index is 12.3. The van der Waals surface area contributed by atoms with Crippen molar-refractivity contribution in [1.29, 1.82) is 0 Å². The molecule has 0 aliphatic carbocycles. The fourth-order valence-electron chi connectivity index (χ4n) is 2.59. The first-order valence-electron chi connectivity index (χ1n) is 7.12. The molecule has 0 spiro atoms. The molecule has 0 saturated carbocycles. The van der Waals surface area contributed by atoms with Gasteiger partial charge in [-0.05, 0) is 34.4 Å². The lowest BCUT2D eigenvalue weighted by atomic mass is 10.1. The summed E-state index contributed by atoms with van der Waals surface area (Å²) in [7, 11) is 0. The third kappa shape index (κ3) is 3.29. The molecule has 0 fully saturated rings. The number of nitrogens with zero attached hydrogens (tertiary/aromatic N) is 1. The van der Waals surface area contributed by atoms with E-state index in [1.165, 1.54) is 11.1 Å². The molecule has 0 radical (unpaired) electrons. The lowest BCUT2D eigenvalue weighted by Crippen LogP contribution is -2.27. The Kier molecular flexibility index (Phi) is 4.71. The Morgan fingerprint density at radius 1 is 1.09 bits per heavy atom. The molecule has 1 amide bonds. The second-order valence-corrected chi connectivity index (χ2v) is 7.19. The maximum atomic E-state index is 12.3. The van der Waals surface area contributed by atoms with Crippen molar-refractivity contribution in [3.8, 4) is 0 Å². The van der Waals surface area contributed by atoms with Crippen LogP contribution in [0.4, 0.5) is 0 Å². The highest BCUT2D eigenvalue weighted by atomic mass is 35.5. The van der Waals surface area contributed by atoms with Crippen LogP contribution in [0.3, 0.4) is 0 Å². The number of amides is 1. The average Bonchev–Trinajstić information content (AvgIpc) is 2.97. The van der Waals surface area contributed by atoms with Gasteiger partial charge in [-0.25, -0.2) is 0 Å². The summed E-state index contributed by atoms with van der Waals surface area (Å²) in [5, 5.41) is 0.488. The molecule has 5 heteroatoms. The van der Waals surface area contributed by atoms with E-state index in [-0.39, 0.29) is 12.3 Å². The Morgan fingerprint density at radius 2 is 1.68 bits per heavy atom. The Morgan fingerprint density at radius 3 is 2.32 bits per heavy atom. The summed E-state index contributed by atoms with van der Waals surface area (Å²) < 4.78 is 12.3. The van der Waals surface area contributed by atoms with Gasteiger partial charge in [-0.2, -0.15) is 0 Å². The van der Waals surface area contributed by atoms with Crippen molar-refractivity contribution in [2.45, 2.75) is 24.4 Å². The first-order chi connectivity index (χ1) is 10.6. The largest absolute Gasteiger partial charge is 0.611 e. The van der Waals surface area contributed by atoms with Gasteiger partial charge >= 0.3 is 0 Å². The summed E-state index contributed by atoms with van der Waals surface area (Å²) in [5.41, 5.74) is 2.39. The van der Waals surface area contributed by atoms with Crippen LogP contribution < -0.4 is 0 Å². The number of hydrogen-bond donors (Lipinski definition) is 0. The standard InChI is InChI=1S/C17H16ClNO2S/c18-15-7-3-4-8-16(15)22(21)10-9-17(20)19-11-13-5-1-2-6-14(13)12-19/h1-8H,9-12H2. The molecule has 1 heterocycles. The number of benzene rings is 2. The molecule has 3 rings (SSSR count). The first-order valence-corrected chi connectivity index (χ1v) is 8.82. The molecule has 0 aromatic heterocycles. The summed E-state index contributed by atoms with van der Waals surface area (Å²) in [6, 6.07) is 15.1. The zero-order valence-corrected chi connectivity index (χ0v) is 13.6. The molecule has 3 nitrogen and oxygen atoms in total. The minimum Gasteiger partial charge on any atom is -0.611 e. The predicted octanol–water partition coefficient (Wildman–Crippen LogP) is 3.38. The number of carbonyl (C=O) groups is 1. The van der Waals surface area contributed by atoms with Crippen molar-refractivity contribution in [1.82, 2.24) is 4.90 Å². The monoisotopic (exact) mass is 333 g/mol. The van der Waals surface area contributed by atoms with Crippen LogP contribution in [0.5, 0.6) is 0 Å². The van der Waals surface area contributed by atoms with Crippen LogP contribution in [-0.4, -0.2) is 21.1 Å². The van der Waals surface area contributed by atoms with Gasteiger partial charge in [0.05, 0.1) is 11.4 Å². The fraction of sp³-hybridized carbons (Fsp3) is 0.235. The molecular weight excluding hydrogens is 318 g/mol. The quantitative estimate of drug-likeness (QED) is 0.805. The molecular formula is C17H16ClNO2S. The van der Waals surface area contributed by atoms with E-state index in [1.54, 1.807) is 24.3 Å². The Labute approximate surface area is 138 Å². The van der Waals surface area contributed by atoms with E-state index >= 15 is 0 Å². The lowest BCUT2D eigenvalue weighted by Gasteiger charge is -2.16. The number of carbonyl (C=O) groups excluding carboxylic acids is 1. The van der Waals surface area contributed by atoms with E-state index in [2.05, 4.69) is 0 Å². The van der Waals surface area contributed by atoms with Gasteiger partial charge in [0.25, 0.3) is 0 Å². The van der Waals surface area contributed by atoms with E-state index < -0.39 is 11.2 Å². The molecule has 1 aliphatic rings. The zero-order chi connectivity index (χ0) is 15.5. The van der Waals surface area contributed by atoms with Crippen molar-refractivity contribution in [2.24, 2.45) is 0 Å². The van der Waals surface area contributed by atoms with Crippen molar-refractivity contribution in [2.75, 3.05) is 5.75 Å². The van der Waals surface area contributed by atoms with Crippen LogP contribution in [0.25, 0.3) is 0 Å². The van der Waals surface area contributed by atoms with Crippen LogP contribution in [0.15, 0.2) is 53.4 Å². The molecule has 0 bridgehead atoms. The van der Waals surface area contributed by atoms with E-state index in [0.29, 0.717) is 28.8 Å². The van der Waals surface area contributed by atoms with Crippen LogP contribution in [-0.2, 0) is 29.1 Å². The smallest absolute Gasteiger partial charge is 0.227 e. The molecule has 0 N–H and O–H groups in total. The van der Waals surface area contributed by atoms with Gasteiger partial charge in [-0.1, -0.05) is 48.0 Å². The van der Waals surface area contributed by atoms with Crippen LogP contribution in [0, 0.1) is 0 Å². The SMILES string of the molecule is O=C(CC[S+]([O-])c1ccccc1Cl)N1Cc2ccccc2C1. The van der Waals surface area contributed by atoms with Gasteiger partial charge in [-0.15, -0.1) is 0 Å².